The Labute approximate surface area is 149 Å². The molecule has 0 aliphatic rings. The molecule has 0 fully saturated rings. The molecule has 136 valence electrons. The number of rotatable bonds is 5. The van der Waals surface area contributed by atoms with Crippen LogP contribution >= 0.6 is 0 Å². The van der Waals surface area contributed by atoms with Gasteiger partial charge >= 0.3 is 5.97 Å². The Kier molecular flexibility index (Phi) is 4.41. The van der Waals surface area contributed by atoms with Crippen LogP contribution in [0.1, 0.15) is 33.4 Å². The lowest BCUT2D eigenvalue weighted by atomic mass is 10.1. The molecule has 0 aliphatic carbocycles. The van der Waals surface area contributed by atoms with E-state index in [1.54, 1.807) is 37.7 Å². The molecule has 0 saturated carbocycles. The second-order valence-corrected chi connectivity index (χ2v) is 5.95. The zero-order chi connectivity index (χ0) is 19.0. The first-order valence-corrected chi connectivity index (χ1v) is 7.93. The summed E-state index contributed by atoms with van der Waals surface area (Å²) in [5, 5.41) is 16.8. The quantitative estimate of drug-likeness (QED) is 0.726. The van der Waals surface area contributed by atoms with Crippen LogP contribution in [0.2, 0.25) is 0 Å². The first-order valence-electron chi connectivity index (χ1n) is 7.93. The summed E-state index contributed by atoms with van der Waals surface area (Å²) in [4.78, 5) is 24.4. The van der Waals surface area contributed by atoms with Gasteiger partial charge in [0.15, 0.2) is 23.1 Å². The van der Waals surface area contributed by atoms with Gasteiger partial charge in [-0.25, -0.2) is 4.79 Å². The van der Waals surface area contributed by atoms with Gasteiger partial charge < -0.3 is 19.6 Å². The molecule has 1 aromatic carbocycles. The topological polar surface area (TPSA) is 107 Å². The average molecular weight is 357 g/mol. The van der Waals surface area contributed by atoms with Crippen molar-refractivity contribution in [2.24, 2.45) is 7.05 Å². The largest absolute Gasteiger partial charge is 0.493 e. The molecule has 8 heteroatoms. The molecule has 2 heterocycles. The maximum absolute atomic E-state index is 12.7. The zero-order valence-corrected chi connectivity index (χ0v) is 14.9. The fourth-order valence-corrected chi connectivity index (χ4v) is 2.86. The van der Waals surface area contributed by atoms with Gasteiger partial charge in [0.2, 0.25) is 0 Å². The minimum atomic E-state index is -1.23. The number of carbonyl (C=O) groups is 2. The first kappa shape index (κ1) is 17.5. The molecule has 2 aromatic heterocycles. The molecule has 1 unspecified atom stereocenters. The van der Waals surface area contributed by atoms with Gasteiger partial charge in [-0.2, -0.15) is 5.10 Å². The van der Waals surface area contributed by atoms with Crippen LogP contribution in [-0.2, 0) is 11.8 Å². The predicted octanol–water partition coefficient (Wildman–Crippen LogP) is 2.35. The van der Waals surface area contributed by atoms with E-state index in [0.717, 1.165) is 5.39 Å². The number of benzene rings is 1. The monoisotopic (exact) mass is 357 g/mol. The second kappa shape index (κ2) is 6.55. The third-order valence-corrected chi connectivity index (χ3v) is 4.46. The number of aryl methyl sites for hydroxylation is 2. The van der Waals surface area contributed by atoms with E-state index in [0.29, 0.717) is 28.2 Å². The lowest BCUT2D eigenvalue weighted by molar-refractivity contribution is -0.139. The molecule has 8 nitrogen and oxygen atoms in total. The van der Waals surface area contributed by atoms with Gasteiger partial charge in [-0.15, -0.1) is 0 Å². The zero-order valence-electron chi connectivity index (χ0n) is 14.9. The highest BCUT2D eigenvalue weighted by Crippen LogP contribution is 2.32. The van der Waals surface area contributed by atoms with Crippen LogP contribution in [0.4, 0.5) is 0 Å². The number of carboxylic acid groups (broad SMARTS) is 1. The highest BCUT2D eigenvalue weighted by molar-refractivity contribution is 6.01. The van der Waals surface area contributed by atoms with Crippen LogP contribution in [-0.4, -0.2) is 33.9 Å². The van der Waals surface area contributed by atoms with Gasteiger partial charge in [-0.1, -0.05) is 12.1 Å². The minimum absolute atomic E-state index is 0.0530. The lowest BCUT2D eigenvalue weighted by Crippen LogP contribution is -2.34. The van der Waals surface area contributed by atoms with Crippen molar-refractivity contribution in [3.05, 3.63) is 47.0 Å². The number of methoxy groups -OCH3 is 1. The fourth-order valence-electron chi connectivity index (χ4n) is 2.86. The number of aromatic nitrogens is 2. The number of carboxylic acids is 1. The van der Waals surface area contributed by atoms with E-state index < -0.39 is 17.9 Å². The molecule has 1 atom stereocenters. The molecular formula is C18H19N3O5. The van der Waals surface area contributed by atoms with Crippen LogP contribution in [0.3, 0.4) is 0 Å². The van der Waals surface area contributed by atoms with E-state index in [1.165, 1.54) is 13.3 Å². The van der Waals surface area contributed by atoms with Crippen molar-refractivity contribution in [1.82, 2.24) is 15.1 Å². The minimum Gasteiger partial charge on any atom is -0.493 e. The third-order valence-electron chi connectivity index (χ3n) is 4.46. The smallest absolute Gasteiger partial charge is 0.331 e. The number of aliphatic carboxylic acids is 1. The van der Waals surface area contributed by atoms with Crippen molar-refractivity contribution in [3.63, 3.8) is 0 Å². The van der Waals surface area contributed by atoms with E-state index in [-0.39, 0.29) is 5.76 Å². The van der Waals surface area contributed by atoms with Crippen molar-refractivity contribution in [2.45, 2.75) is 19.9 Å². The number of para-hydroxylation sites is 1. The first-order chi connectivity index (χ1) is 12.3. The number of fused-ring (bicyclic) bond motifs is 1. The molecule has 0 bridgehead atoms. The van der Waals surface area contributed by atoms with Crippen molar-refractivity contribution in [2.75, 3.05) is 7.11 Å². The van der Waals surface area contributed by atoms with Gasteiger partial charge in [0.05, 0.1) is 13.3 Å². The van der Waals surface area contributed by atoms with Crippen molar-refractivity contribution >= 4 is 22.8 Å². The molecule has 26 heavy (non-hydrogen) atoms. The second-order valence-electron chi connectivity index (χ2n) is 5.95. The Hall–Kier alpha value is -3.29. The summed E-state index contributed by atoms with van der Waals surface area (Å²) >= 11 is 0. The summed E-state index contributed by atoms with van der Waals surface area (Å²) in [6.07, 6.45) is 1.43. The van der Waals surface area contributed by atoms with Crippen LogP contribution in [0.15, 0.2) is 28.8 Å². The van der Waals surface area contributed by atoms with Crippen molar-refractivity contribution in [3.8, 4) is 5.75 Å². The molecule has 1 amide bonds. The van der Waals surface area contributed by atoms with Crippen LogP contribution in [0.25, 0.3) is 11.0 Å². The SMILES string of the molecule is COc1cccc2c(C)c(C(=O)NC(C(=O)O)c3cnn(C)c3C)oc12. The Morgan fingerprint density at radius 1 is 1.35 bits per heavy atom. The van der Waals surface area contributed by atoms with E-state index in [1.807, 2.05) is 6.07 Å². The van der Waals surface area contributed by atoms with E-state index in [4.69, 9.17) is 9.15 Å². The van der Waals surface area contributed by atoms with Gasteiger partial charge in [-0.05, 0) is 19.9 Å². The van der Waals surface area contributed by atoms with E-state index in [9.17, 15) is 14.7 Å². The van der Waals surface area contributed by atoms with E-state index in [2.05, 4.69) is 10.4 Å². The summed E-state index contributed by atoms with van der Waals surface area (Å²) in [5.41, 5.74) is 2.13. The fraction of sp³-hybridized carbons (Fsp3) is 0.278. The number of ether oxygens (including phenoxy) is 1. The van der Waals surface area contributed by atoms with Gasteiger partial charge in [-0.3, -0.25) is 9.48 Å². The Morgan fingerprint density at radius 3 is 2.65 bits per heavy atom. The van der Waals surface area contributed by atoms with Crippen LogP contribution < -0.4 is 10.1 Å². The molecule has 3 aromatic rings. The molecular weight excluding hydrogens is 338 g/mol. The summed E-state index contributed by atoms with van der Waals surface area (Å²) < 4.78 is 12.5. The number of carbonyl (C=O) groups excluding carboxylic acids is 1. The summed E-state index contributed by atoms with van der Waals surface area (Å²) in [6, 6.07) is 4.11. The van der Waals surface area contributed by atoms with Gasteiger partial charge in [0.1, 0.15) is 0 Å². The molecule has 2 N–H and O–H groups in total. The summed E-state index contributed by atoms with van der Waals surface area (Å²) in [7, 11) is 3.22. The third kappa shape index (κ3) is 2.79. The molecule has 3 rings (SSSR count). The average Bonchev–Trinajstić information content (AvgIpc) is 3.13. The number of hydrogen-bond acceptors (Lipinski definition) is 5. The van der Waals surface area contributed by atoms with Crippen molar-refractivity contribution in [1.29, 1.82) is 0 Å². The molecule has 0 spiro atoms. The maximum Gasteiger partial charge on any atom is 0.331 e. The number of furan rings is 1. The predicted molar refractivity (Wildman–Crippen MR) is 93.3 cm³/mol. The van der Waals surface area contributed by atoms with Crippen LogP contribution in [0.5, 0.6) is 5.75 Å². The maximum atomic E-state index is 12.7. The van der Waals surface area contributed by atoms with Gasteiger partial charge in [0.25, 0.3) is 5.91 Å². The number of amides is 1. The van der Waals surface area contributed by atoms with Crippen molar-refractivity contribution < 1.29 is 23.8 Å². The number of nitrogens with zero attached hydrogens (tertiary/aromatic N) is 2. The number of hydrogen-bond donors (Lipinski definition) is 2. The highest BCUT2D eigenvalue weighted by atomic mass is 16.5. The van der Waals surface area contributed by atoms with Crippen LogP contribution in [0, 0.1) is 13.8 Å². The summed E-state index contributed by atoms with van der Waals surface area (Å²) in [5.74, 6) is -1.24. The Balaban J connectivity index is 1.98. The molecule has 0 radical (unpaired) electrons. The Morgan fingerprint density at radius 2 is 2.08 bits per heavy atom. The molecule has 0 aliphatic heterocycles. The van der Waals surface area contributed by atoms with Gasteiger partial charge in [0, 0.05) is 29.3 Å². The Bertz CT molecular complexity index is 1000. The molecule has 0 saturated heterocycles. The standard InChI is InChI=1S/C18H19N3O5/c1-9-11-6-5-7-13(25-4)16(11)26-15(9)17(22)20-14(18(23)24)12-8-19-21(3)10(12)2/h5-8,14H,1-4H3,(H,20,22)(H,23,24). The normalized spacial score (nSPS) is 12.2. The highest BCUT2D eigenvalue weighted by Gasteiger charge is 2.29. The summed E-state index contributed by atoms with van der Waals surface area (Å²) in [6.45, 7) is 3.48. The lowest BCUT2D eigenvalue weighted by Gasteiger charge is -2.13. The number of nitrogens with one attached hydrogen (secondary N) is 1. The van der Waals surface area contributed by atoms with E-state index >= 15 is 0 Å².